The van der Waals surface area contributed by atoms with Gasteiger partial charge in [0.25, 0.3) is 5.91 Å². The summed E-state index contributed by atoms with van der Waals surface area (Å²) in [5.74, 6) is -2.77. The number of hydrogen-bond donors (Lipinski definition) is 4. The number of H-pyrrole nitrogens is 1. The number of carboxylic acid groups (broad SMARTS) is 1. The topological polar surface area (TPSA) is 138 Å². The number of carboxylic acids is 1. The maximum absolute atomic E-state index is 11.4. The van der Waals surface area contributed by atoms with E-state index in [4.69, 9.17) is 10.8 Å². The molecule has 0 spiro atoms. The lowest BCUT2D eigenvalue weighted by Gasteiger charge is -2.11. The molecule has 0 bridgehead atoms. The van der Waals surface area contributed by atoms with Crippen molar-refractivity contribution in [2.45, 2.75) is 12.5 Å². The summed E-state index contributed by atoms with van der Waals surface area (Å²) in [7, 11) is 0. The van der Waals surface area contributed by atoms with E-state index in [0.717, 1.165) is 0 Å². The zero-order chi connectivity index (χ0) is 12.1. The maximum atomic E-state index is 11.4. The molecule has 0 saturated heterocycles. The Balaban J connectivity index is 2.65. The smallest absolute Gasteiger partial charge is 0.326 e. The number of aromatic amines is 1. The highest BCUT2D eigenvalue weighted by Crippen LogP contribution is 1.97. The van der Waals surface area contributed by atoms with Crippen LogP contribution in [0.25, 0.3) is 0 Å². The molecule has 16 heavy (non-hydrogen) atoms. The zero-order valence-electron chi connectivity index (χ0n) is 8.14. The number of hydrogen-bond acceptors (Lipinski definition) is 4. The van der Waals surface area contributed by atoms with E-state index in [2.05, 4.69) is 15.5 Å². The van der Waals surface area contributed by atoms with Crippen molar-refractivity contribution in [2.75, 3.05) is 0 Å². The summed E-state index contributed by atoms with van der Waals surface area (Å²) in [6.07, 6.45) is 2.08. The van der Waals surface area contributed by atoms with Crippen LogP contribution in [0.3, 0.4) is 0 Å². The van der Waals surface area contributed by atoms with Crippen molar-refractivity contribution in [3.8, 4) is 0 Å². The van der Waals surface area contributed by atoms with E-state index >= 15 is 0 Å². The van der Waals surface area contributed by atoms with E-state index in [0.29, 0.717) is 0 Å². The van der Waals surface area contributed by atoms with Crippen LogP contribution >= 0.6 is 0 Å². The van der Waals surface area contributed by atoms with Crippen LogP contribution in [0.1, 0.15) is 16.8 Å². The first kappa shape index (κ1) is 11.7. The van der Waals surface area contributed by atoms with E-state index in [-0.39, 0.29) is 5.56 Å². The summed E-state index contributed by atoms with van der Waals surface area (Å²) in [5.41, 5.74) is 5.03. The minimum Gasteiger partial charge on any atom is -0.480 e. The molecule has 0 fully saturated rings. The fraction of sp³-hybridized carbons (Fsp3) is 0.250. The molecule has 86 valence electrons. The van der Waals surface area contributed by atoms with Gasteiger partial charge < -0.3 is 16.2 Å². The number of nitrogens with zero attached hydrogens (tertiary/aromatic N) is 1. The number of amides is 2. The Kier molecular flexibility index (Phi) is 3.59. The van der Waals surface area contributed by atoms with Crippen LogP contribution < -0.4 is 11.1 Å². The van der Waals surface area contributed by atoms with Crippen molar-refractivity contribution >= 4 is 17.8 Å². The second kappa shape index (κ2) is 4.91. The van der Waals surface area contributed by atoms with E-state index in [1.807, 2.05) is 0 Å². The molecule has 8 nitrogen and oxygen atoms in total. The molecule has 1 aromatic rings. The number of carbonyl (C=O) groups excluding carboxylic acids is 2. The van der Waals surface area contributed by atoms with E-state index in [1.165, 1.54) is 12.4 Å². The van der Waals surface area contributed by atoms with Crippen LogP contribution in [0.2, 0.25) is 0 Å². The van der Waals surface area contributed by atoms with Gasteiger partial charge in [-0.1, -0.05) is 0 Å². The lowest BCUT2D eigenvalue weighted by molar-refractivity contribution is -0.140. The van der Waals surface area contributed by atoms with Gasteiger partial charge in [0.15, 0.2) is 0 Å². The fourth-order valence-corrected chi connectivity index (χ4v) is 1.02. The van der Waals surface area contributed by atoms with Gasteiger partial charge in [-0.3, -0.25) is 14.7 Å². The maximum Gasteiger partial charge on any atom is 0.326 e. The first-order valence-corrected chi connectivity index (χ1v) is 4.31. The van der Waals surface area contributed by atoms with Gasteiger partial charge in [0, 0.05) is 6.20 Å². The van der Waals surface area contributed by atoms with Crippen molar-refractivity contribution in [3.63, 3.8) is 0 Å². The van der Waals surface area contributed by atoms with Crippen LogP contribution in [-0.4, -0.2) is 39.1 Å². The molecule has 1 rings (SSSR count). The van der Waals surface area contributed by atoms with Gasteiger partial charge in [-0.2, -0.15) is 5.10 Å². The van der Waals surface area contributed by atoms with Crippen LogP contribution in [0.15, 0.2) is 12.4 Å². The van der Waals surface area contributed by atoms with Crippen molar-refractivity contribution in [3.05, 3.63) is 18.0 Å². The summed E-state index contributed by atoms with van der Waals surface area (Å²) in [6, 6.07) is -1.33. The minimum absolute atomic E-state index is 0.177. The Morgan fingerprint density at radius 3 is 2.69 bits per heavy atom. The van der Waals surface area contributed by atoms with Crippen molar-refractivity contribution in [1.82, 2.24) is 15.5 Å². The van der Waals surface area contributed by atoms with E-state index in [1.54, 1.807) is 0 Å². The molecule has 0 radical (unpaired) electrons. The van der Waals surface area contributed by atoms with Gasteiger partial charge in [0.05, 0.1) is 18.2 Å². The SMILES string of the molecule is NC(=O)CC(NC(=O)c1cn[nH]c1)C(=O)O. The van der Waals surface area contributed by atoms with Crippen LogP contribution in [0.4, 0.5) is 0 Å². The number of carbonyl (C=O) groups is 3. The molecule has 0 saturated carbocycles. The summed E-state index contributed by atoms with van der Waals surface area (Å²) < 4.78 is 0. The quantitative estimate of drug-likeness (QED) is 0.482. The fourth-order valence-electron chi connectivity index (χ4n) is 1.02. The van der Waals surface area contributed by atoms with Crippen molar-refractivity contribution in [1.29, 1.82) is 0 Å². The molecule has 1 aromatic heterocycles. The molecular formula is C8H10N4O4. The highest BCUT2D eigenvalue weighted by Gasteiger charge is 2.22. The summed E-state index contributed by atoms with van der Waals surface area (Å²) >= 11 is 0. The van der Waals surface area contributed by atoms with Crippen molar-refractivity contribution < 1.29 is 19.5 Å². The monoisotopic (exact) mass is 226 g/mol. The minimum atomic E-state index is -1.33. The Labute approximate surface area is 89.8 Å². The van der Waals surface area contributed by atoms with E-state index < -0.39 is 30.2 Å². The Bertz CT molecular complexity index is 400. The Hall–Kier alpha value is -2.38. The molecule has 1 unspecified atom stereocenters. The standard InChI is InChI=1S/C8H10N4O4/c9-6(13)1-5(8(15)16)12-7(14)4-2-10-11-3-4/h2-3,5H,1H2,(H2,9,13)(H,10,11)(H,12,14)(H,15,16). The number of primary amides is 1. The Morgan fingerprint density at radius 1 is 1.56 bits per heavy atom. The average molecular weight is 226 g/mol. The highest BCUT2D eigenvalue weighted by atomic mass is 16.4. The molecule has 1 atom stereocenters. The number of nitrogens with one attached hydrogen (secondary N) is 2. The number of aliphatic carboxylic acids is 1. The summed E-state index contributed by atoms with van der Waals surface area (Å²) in [4.78, 5) is 32.7. The van der Waals surface area contributed by atoms with E-state index in [9.17, 15) is 14.4 Å². The number of nitrogens with two attached hydrogens (primary N) is 1. The van der Waals surface area contributed by atoms with Crippen LogP contribution in [-0.2, 0) is 9.59 Å². The lowest BCUT2D eigenvalue weighted by Crippen LogP contribution is -2.43. The predicted octanol–water partition coefficient (Wildman–Crippen LogP) is -1.53. The van der Waals surface area contributed by atoms with Crippen LogP contribution in [0.5, 0.6) is 0 Å². The van der Waals surface area contributed by atoms with Gasteiger partial charge in [-0.15, -0.1) is 0 Å². The molecule has 1 heterocycles. The highest BCUT2D eigenvalue weighted by molar-refractivity contribution is 5.97. The Morgan fingerprint density at radius 2 is 2.25 bits per heavy atom. The summed E-state index contributed by atoms with van der Waals surface area (Å²) in [5, 5.41) is 16.8. The second-order valence-electron chi connectivity index (χ2n) is 3.02. The third-order valence-corrected chi connectivity index (χ3v) is 1.77. The molecule has 5 N–H and O–H groups in total. The molecular weight excluding hydrogens is 216 g/mol. The molecule has 0 aromatic carbocycles. The zero-order valence-corrected chi connectivity index (χ0v) is 8.14. The first-order chi connectivity index (χ1) is 7.50. The number of rotatable bonds is 5. The molecule has 0 aliphatic carbocycles. The van der Waals surface area contributed by atoms with Crippen LogP contribution in [0, 0.1) is 0 Å². The predicted molar refractivity (Wildman–Crippen MR) is 51.3 cm³/mol. The second-order valence-corrected chi connectivity index (χ2v) is 3.02. The normalized spacial score (nSPS) is 11.8. The third-order valence-electron chi connectivity index (χ3n) is 1.77. The van der Waals surface area contributed by atoms with Gasteiger partial charge in [0.2, 0.25) is 5.91 Å². The summed E-state index contributed by atoms with van der Waals surface area (Å²) in [6.45, 7) is 0. The average Bonchev–Trinajstić information content (AvgIpc) is 2.68. The largest absolute Gasteiger partial charge is 0.480 e. The van der Waals surface area contributed by atoms with Gasteiger partial charge >= 0.3 is 5.97 Å². The lowest BCUT2D eigenvalue weighted by atomic mass is 10.2. The van der Waals surface area contributed by atoms with Gasteiger partial charge in [-0.25, -0.2) is 4.79 Å². The molecule has 8 heteroatoms. The van der Waals surface area contributed by atoms with Gasteiger partial charge in [0.1, 0.15) is 6.04 Å². The van der Waals surface area contributed by atoms with Gasteiger partial charge in [-0.05, 0) is 0 Å². The number of aromatic nitrogens is 2. The molecule has 2 amide bonds. The molecule has 0 aliphatic heterocycles. The third kappa shape index (κ3) is 3.08. The van der Waals surface area contributed by atoms with Crippen molar-refractivity contribution in [2.24, 2.45) is 5.73 Å². The first-order valence-electron chi connectivity index (χ1n) is 4.31. The molecule has 0 aliphatic rings.